The van der Waals surface area contributed by atoms with E-state index < -0.39 is 0 Å². The summed E-state index contributed by atoms with van der Waals surface area (Å²) in [6.07, 6.45) is 13.3. The van der Waals surface area contributed by atoms with Gasteiger partial charge in [-0.25, -0.2) is 4.98 Å². The zero-order chi connectivity index (χ0) is 24.6. The summed E-state index contributed by atoms with van der Waals surface area (Å²) in [6.45, 7) is 3.93. The minimum atomic E-state index is -0.264. The summed E-state index contributed by atoms with van der Waals surface area (Å²) in [6, 6.07) is 8.41. The summed E-state index contributed by atoms with van der Waals surface area (Å²) in [4.78, 5) is 35.0. The minimum absolute atomic E-state index is 0.0302. The van der Waals surface area contributed by atoms with Crippen molar-refractivity contribution in [1.29, 1.82) is 0 Å². The first-order valence-electron chi connectivity index (χ1n) is 12.8. The molecule has 2 aromatic heterocycles. The standard InChI is InChI=1S/C22H28N6O2.C5H10/c1-15-11-25-21(26-13-18-4-3-9-27(18)2)22(30)28(15)14-20(29)24-12-16-5-6-19-17(10-16)7-8-23-19;1-2-4-5-3-1/h5-8,10-11,18,23H,3-4,9,12-14H2,1-2H3,(H,24,29)(H,25,26);1-5H2/t18-;/m1./s1. The van der Waals surface area contributed by atoms with Crippen molar-refractivity contribution in [3.8, 4) is 0 Å². The number of likely N-dealkylation sites (N-methyl/N-ethyl adjacent to an activating group) is 1. The van der Waals surface area contributed by atoms with E-state index in [9.17, 15) is 9.59 Å². The average Bonchev–Trinajstić information content (AvgIpc) is 3.64. The van der Waals surface area contributed by atoms with E-state index in [2.05, 4.69) is 32.5 Å². The largest absolute Gasteiger partial charge is 0.364 e. The van der Waals surface area contributed by atoms with Gasteiger partial charge in [0.15, 0.2) is 5.82 Å². The molecule has 0 radical (unpaired) electrons. The van der Waals surface area contributed by atoms with Crippen LogP contribution in [0.25, 0.3) is 10.9 Å². The lowest BCUT2D eigenvalue weighted by Gasteiger charge is -2.20. The van der Waals surface area contributed by atoms with Crippen LogP contribution in [0.15, 0.2) is 41.5 Å². The van der Waals surface area contributed by atoms with Gasteiger partial charge in [-0.3, -0.25) is 14.2 Å². The molecule has 1 aliphatic carbocycles. The molecule has 1 aliphatic heterocycles. The number of nitrogens with zero attached hydrogens (tertiary/aromatic N) is 3. The second-order valence-corrected chi connectivity index (χ2v) is 9.74. The third-order valence-electron chi connectivity index (χ3n) is 7.09. The number of H-pyrrole nitrogens is 1. The SMILES string of the molecule is C1CCCC1.Cc1cnc(NC[C@H]2CCCN2C)c(=O)n1CC(=O)NCc1ccc2[nH]ccc2c1. The predicted octanol–water partition coefficient (Wildman–Crippen LogP) is 3.81. The van der Waals surface area contributed by atoms with Crippen molar-refractivity contribution in [3.05, 3.63) is 58.3 Å². The summed E-state index contributed by atoms with van der Waals surface area (Å²) in [5, 5.41) is 7.19. The lowest BCUT2D eigenvalue weighted by Crippen LogP contribution is -2.36. The van der Waals surface area contributed by atoms with Crippen LogP contribution in [0.5, 0.6) is 0 Å². The van der Waals surface area contributed by atoms with Crippen LogP contribution < -0.4 is 16.2 Å². The molecule has 1 saturated heterocycles. The van der Waals surface area contributed by atoms with E-state index in [0.29, 0.717) is 30.6 Å². The number of anilines is 1. The first-order valence-corrected chi connectivity index (χ1v) is 12.8. The van der Waals surface area contributed by atoms with E-state index in [1.165, 1.54) is 43.1 Å². The fourth-order valence-electron chi connectivity index (χ4n) is 4.84. The molecular weight excluding hydrogens is 440 g/mol. The molecule has 1 amide bonds. The van der Waals surface area contributed by atoms with Crippen molar-refractivity contribution < 1.29 is 4.79 Å². The maximum absolute atomic E-state index is 12.8. The first kappa shape index (κ1) is 25.0. The van der Waals surface area contributed by atoms with Crippen LogP contribution in [0, 0.1) is 6.92 Å². The predicted molar refractivity (Wildman–Crippen MR) is 141 cm³/mol. The van der Waals surface area contributed by atoms with Gasteiger partial charge in [0.05, 0.1) is 0 Å². The smallest absolute Gasteiger partial charge is 0.293 e. The number of amides is 1. The van der Waals surface area contributed by atoms with Gasteiger partial charge in [-0.05, 0) is 62.5 Å². The van der Waals surface area contributed by atoms with Crippen LogP contribution in [-0.2, 0) is 17.9 Å². The first-order chi connectivity index (χ1) is 17.0. The molecule has 5 rings (SSSR count). The molecule has 1 saturated carbocycles. The Hall–Kier alpha value is -3.13. The molecule has 188 valence electrons. The van der Waals surface area contributed by atoms with Gasteiger partial charge in [-0.15, -0.1) is 0 Å². The van der Waals surface area contributed by atoms with Crippen LogP contribution >= 0.6 is 0 Å². The molecule has 1 atom stereocenters. The van der Waals surface area contributed by atoms with E-state index in [4.69, 9.17) is 0 Å². The van der Waals surface area contributed by atoms with Gasteiger partial charge in [0, 0.05) is 42.7 Å². The number of carbonyl (C=O) groups is 1. The molecule has 3 aromatic rings. The van der Waals surface area contributed by atoms with Crippen LogP contribution in [0.1, 0.15) is 56.2 Å². The molecule has 0 unspecified atom stereocenters. The quantitative estimate of drug-likeness (QED) is 0.480. The second-order valence-electron chi connectivity index (χ2n) is 9.74. The average molecular weight is 479 g/mol. The Morgan fingerprint density at radius 2 is 1.91 bits per heavy atom. The van der Waals surface area contributed by atoms with Crippen molar-refractivity contribution in [1.82, 2.24) is 24.8 Å². The zero-order valence-corrected chi connectivity index (χ0v) is 21.0. The highest BCUT2D eigenvalue weighted by atomic mass is 16.2. The van der Waals surface area contributed by atoms with Gasteiger partial charge in [0.2, 0.25) is 5.91 Å². The number of nitrogens with one attached hydrogen (secondary N) is 3. The lowest BCUT2D eigenvalue weighted by molar-refractivity contribution is -0.121. The number of benzene rings is 1. The molecule has 35 heavy (non-hydrogen) atoms. The third kappa shape index (κ3) is 6.72. The van der Waals surface area contributed by atoms with E-state index in [0.717, 1.165) is 29.4 Å². The molecule has 8 heteroatoms. The van der Waals surface area contributed by atoms with Crippen LogP contribution in [-0.4, -0.2) is 51.5 Å². The number of aromatic nitrogens is 3. The Kier molecular flexibility index (Phi) is 8.58. The van der Waals surface area contributed by atoms with Gasteiger partial charge < -0.3 is 20.5 Å². The number of aryl methyl sites for hydroxylation is 1. The molecule has 0 spiro atoms. The van der Waals surface area contributed by atoms with Gasteiger partial charge in [0.1, 0.15) is 6.54 Å². The van der Waals surface area contributed by atoms with E-state index in [-0.39, 0.29) is 18.0 Å². The lowest BCUT2D eigenvalue weighted by atomic mass is 10.1. The number of hydrogen-bond acceptors (Lipinski definition) is 5. The molecule has 3 N–H and O–H groups in total. The van der Waals surface area contributed by atoms with Crippen LogP contribution in [0.2, 0.25) is 0 Å². The Morgan fingerprint density at radius 1 is 1.14 bits per heavy atom. The number of aromatic amines is 1. The van der Waals surface area contributed by atoms with E-state index in [1.54, 1.807) is 13.1 Å². The summed E-state index contributed by atoms with van der Waals surface area (Å²) in [7, 11) is 2.10. The van der Waals surface area contributed by atoms with Crippen molar-refractivity contribution in [2.75, 3.05) is 25.5 Å². The van der Waals surface area contributed by atoms with Crippen molar-refractivity contribution in [3.63, 3.8) is 0 Å². The molecule has 3 heterocycles. The fourth-order valence-corrected chi connectivity index (χ4v) is 4.84. The highest BCUT2D eigenvalue weighted by Gasteiger charge is 2.21. The van der Waals surface area contributed by atoms with Gasteiger partial charge >= 0.3 is 0 Å². The molecule has 0 bridgehead atoms. The van der Waals surface area contributed by atoms with Crippen LogP contribution in [0.4, 0.5) is 5.82 Å². The van der Waals surface area contributed by atoms with Crippen molar-refractivity contribution in [2.45, 2.75) is 71.0 Å². The van der Waals surface area contributed by atoms with E-state index >= 15 is 0 Å². The van der Waals surface area contributed by atoms with Crippen molar-refractivity contribution in [2.24, 2.45) is 0 Å². The zero-order valence-electron chi connectivity index (χ0n) is 21.0. The van der Waals surface area contributed by atoms with Gasteiger partial charge in [-0.1, -0.05) is 38.2 Å². The Bertz CT molecular complexity index is 1170. The van der Waals surface area contributed by atoms with E-state index in [1.807, 2.05) is 30.5 Å². The fraction of sp³-hybridized carbons (Fsp3) is 0.519. The highest BCUT2D eigenvalue weighted by Crippen LogP contribution is 2.16. The third-order valence-corrected chi connectivity index (χ3v) is 7.09. The summed E-state index contributed by atoms with van der Waals surface area (Å²) < 4.78 is 1.47. The Morgan fingerprint density at radius 3 is 2.63 bits per heavy atom. The van der Waals surface area contributed by atoms with Crippen LogP contribution in [0.3, 0.4) is 0 Å². The Labute approximate surface area is 207 Å². The number of hydrogen-bond donors (Lipinski definition) is 3. The molecule has 8 nitrogen and oxygen atoms in total. The maximum Gasteiger partial charge on any atom is 0.293 e. The summed E-state index contributed by atoms with van der Waals surface area (Å²) in [5.41, 5.74) is 2.47. The summed E-state index contributed by atoms with van der Waals surface area (Å²) >= 11 is 0. The molecule has 2 fully saturated rings. The number of carbonyl (C=O) groups excluding carboxylic acids is 1. The number of likely N-dealkylation sites (tertiary alicyclic amines) is 1. The number of rotatable bonds is 7. The second kappa shape index (κ2) is 12.0. The normalized spacial score (nSPS) is 17.8. The highest BCUT2D eigenvalue weighted by molar-refractivity contribution is 5.80. The van der Waals surface area contributed by atoms with Gasteiger partial charge in [-0.2, -0.15) is 0 Å². The molecular formula is C27H38N6O2. The molecule has 2 aliphatic rings. The topological polar surface area (TPSA) is 95.1 Å². The monoisotopic (exact) mass is 478 g/mol. The van der Waals surface area contributed by atoms with Gasteiger partial charge in [0.25, 0.3) is 5.56 Å². The molecule has 1 aromatic carbocycles. The summed E-state index contributed by atoms with van der Waals surface area (Å²) in [5.74, 6) is 0.0913. The number of fused-ring (bicyclic) bond motifs is 1. The maximum atomic E-state index is 12.8. The van der Waals surface area contributed by atoms with Crippen molar-refractivity contribution >= 4 is 22.6 Å². The Balaban J connectivity index is 0.000000514. The minimum Gasteiger partial charge on any atom is -0.364 e.